The maximum Gasteiger partial charge on any atom is 0.126 e. The summed E-state index contributed by atoms with van der Waals surface area (Å²) in [5.41, 5.74) is 2.78. The van der Waals surface area contributed by atoms with Crippen LogP contribution in [0.15, 0.2) is 42.6 Å². The average Bonchev–Trinajstić information content (AvgIpc) is 2.34. The number of nitrogens with zero attached hydrogens (tertiary/aromatic N) is 1. The predicted molar refractivity (Wildman–Crippen MR) is 70.7 cm³/mol. The van der Waals surface area contributed by atoms with Crippen molar-refractivity contribution in [1.29, 1.82) is 0 Å². The second-order valence-electron chi connectivity index (χ2n) is 4.00. The first-order valence-corrected chi connectivity index (χ1v) is 6.38. The molecule has 2 rings (SSSR count). The number of aryl methyl sites for hydroxylation is 1. The summed E-state index contributed by atoms with van der Waals surface area (Å²) >= 11 is 3.62. The summed E-state index contributed by atoms with van der Waals surface area (Å²) in [6, 6.07) is 11.1. The third-order valence-electron chi connectivity index (χ3n) is 2.66. The number of hydrogen-bond acceptors (Lipinski definition) is 1. The van der Waals surface area contributed by atoms with Gasteiger partial charge < -0.3 is 0 Å². The fraction of sp³-hybridized carbons (Fsp3) is 0.214. The molecule has 0 aliphatic carbocycles. The van der Waals surface area contributed by atoms with Gasteiger partial charge in [0.2, 0.25) is 0 Å². The van der Waals surface area contributed by atoms with Crippen LogP contribution in [0.3, 0.4) is 0 Å². The molecule has 1 heterocycles. The van der Waals surface area contributed by atoms with Crippen molar-refractivity contribution in [2.24, 2.45) is 0 Å². The molecule has 3 heteroatoms. The SMILES string of the molecule is Cc1cc(C(Br)Cc2ccccn2)ccc1F. The van der Waals surface area contributed by atoms with Gasteiger partial charge >= 0.3 is 0 Å². The number of pyridine rings is 1. The monoisotopic (exact) mass is 293 g/mol. The zero-order valence-corrected chi connectivity index (χ0v) is 11.1. The van der Waals surface area contributed by atoms with Crippen molar-refractivity contribution in [3.63, 3.8) is 0 Å². The minimum Gasteiger partial charge on any atom is -0.261 e. The molecule has 1 aromatic heterocycles. The van der Waals surface area contributed by atoms with E-state index in [1.165, 1.54) is 6.07 Å². The van der Waals surface area contributed by atoms with E-state index in [1.54, 1.807) is 13.1 Å². The lowest BCUT2D eigenvalue weighted by Gasteiger charge is -2.10. The molecule has 0 radical (unpaired) electrons. The van der Waals surface area contributed by atoms with Gasteiger partial charge in [-0.25, -0.2) is 4.39 Å². The van der Waals surface area contributed by atoms with Crippen LogP contribution < -0.4 is 0 Å². The van der Waals surface area contributed by atoms with Crippen LogP contribution in [0.1, 0.15) is 21.6 Å². The van der Waals surface area contributed by atoms with Crippen molar-refractivity contribution in [1.82, 2.24) is 4.98 Å². The molecule has 1 atom stereocenters. The van der Waals surface area contributed by atoms with Crippen molar-refractivity contribution < 1.29 is 4.39 Å². The van der Waals surface area contributed by atoms with Crippen LogP contribution in [0.2, 0.25) is 0 Å². The van der Waals surface area contributed by atoms with Crippen molar-refractivity contribution in [2.45, 2.75) is 18.2 Å². The van der Waals surface area contributed by atoms with Gasteiger partial charge in [-0.2, -0.15) is 0 Å². The lowest BCUT2D eigenvalue weighted by atomic mass is 10.1. The zero-order chi connectivity index (χ0) is 12.3. The summed E-state index contributed by atoms with van der Waals surface area (Å²) < 4.78 is 13.2. The van der Waals surface area contributed by atoms with E-state index in [1.807, 2.05) is 30.3 Å². The molecule has 0 amide bonds. The van der Waals surface area contributed by atoms with Crippen molar-refractivity contribution in [3.8, 4) is 0 Å². The molecule has 17 heavy (non-hydrogen) atoms. The second-order valence-corrected chi connectivity index (χ2v) is 5.11. The van der Waals surface area contributed by atoms with Crippen molar-refractivity contribution in [3.05, 3.63) is 65.2 Å². The Morgan fingerprint density at radius 2 is 2.12 bits per heavy atom. The summed E-state index contributed by atoms with van der Waals surface area (Å²) in [6.45, 7) is 1.78. The summed E-state index contributed by atoms with van der Waals surface area (Å²) in [4.78, 5) is 4.44. The molecule has 0 aliphatic rings. The first kappa shape index (κ1) is 12.2. The minimum absolute atomic E-state index is 0.161. The third kappa shape index (κ3) is 3.13. The van der Waals surface area contributed by atoms with Crippen LogP contribution in [-0.2, 0) is 6.42 Å². The van der Waals surface area contributed by atoms with Gasteiger partial charge in [0.15, 0.2) is 0 Å². The van der Waals surface area contributed by atoms with E-state index in [0.29, 0.717) is 5.56 Å². The Hall–Kier alpha value is -1.22. The fourth-order valence-corrected chi connectivity index (χ4v) is 2.30. The van der Waals surface area contributed by atoms with Gasteiger partial charge in [-0.15, -0.1) is 0 Å². The topological polar surface area (TPSA) is 12.9 Å². The van der Waals surface area contributed by atoms with E-state index in [4.69, 9.17) is 0 Å². The van der Waals surface area contributed by atoms with Crippen LogP contribution >= 0.6 is 15.9 Å². The summed E-state index contributed by atoms with van der Waals surface area (Å²) in [5, 5.41) is 0. The van der Waals surface area contributed by atoms with Gasteiger partial charge in [0.05, 0.1) is 0 Å². The highest BCUT2D eigenvalue weighted by molar-refractivity contribution is 9.09. The Morgan fingerprint density at radius 1 is 1.29 bits per heavy atom. The molecule has 0 saturated carbocycles. The molecule has 0 aliphatic heterocycles. The quantitative estimate of drug-likeness (QED) is 0.773. The van der Waals surface area contributed by atoms with E-state index >= 15 is 0 Å². The number of benzene rings is 1. The minimum atomic E-state index is -0.161. The molecule has 0 saturated heterocycles. The first-order chi connectivity index (χ1) is 8.16. The number of alkyl halides is 1. The van der Waals surface area contributed by atoms with Gasteiger partial charge in [-0.1, -0.05) is 34.1 Å². The van der Waals surface area contributed by atoms with E-state index in [9.17, 15) is 4.39 Å². The Labute approximate surface area is 109 Å². The van der Waals surface area contributed by atoms with E-state index in [-0.39, 0.29) is 10.6 Å². The van der Waals surface area contributed by atoms with E-state index in [2.05, 4.69) is 20.9 Å². The zero-order valence-electron chi connectivity index (χ0n) is 9.53. The highest BCUT2D eigenvalue weighted by atomic mass is 79.9. The Balaban J connectivity index is 2.14. The molecule has 2 aromatic rings. The van der Waals surface area contributed by atoms with Crippen LogP contribution in [0.5, 0.6) is 0 Å². The van der Waals surface area contributed by atoms with Crippen LogP contribution in [0.4, 0.5) is 4.39 Å². The molecule has 0 spiro atoms. The molecule has 1 aromatic carbocycles. The second kappa shape index (κ2) is 5.41. The maximum absolute atomic E-state index is 13.2. The highest BCUT2D eigenvalue weighted by Crippen LogP contribution is 2.27. The van der Waals surface area contributed by atoms with Gasteiger partial charge in [0.25, 0.3) is 0 Å². The summed E-state index contributed by atoms with van der Waals surface area (Å²) in [6.07, 6.45) is 2.58. The van der Waals surface area contributed by atoms with Crippen LogP contribution in [-0.4, -0.2) is 4.98 Å². The molecule has 1 nitrogen and oxygen atoms in total. The van der Waals surface area contributed by atoms with Crippen molar-refractivity contribution >= 4 is 15.9 Å². The lowest BCUT2D eigenvalue weighted by Crippen LogP contribution is -1.98. The number of halogens is 2. The molecule has 0 fully saturated rings. The van der Waals surface area contributed by atoms with Gasteiger partial charge in [0, 0.05) is 23.1 Å². The third-order valence-corrected chi connectivity index (χ3v) is 3.51. The first-order valence-electron chi connectivity index (χ1n) is 5.47. The van der Waals surface area contributed by atoms with Gasteiger partial charge in [-0.05, 0) is 36.2 Å². The number of rotatable bonds is 3. The summed E-state index contributed by atoms with van der Waals surface area (Å²) in [5.74, 6) is -0.161. The Kier molecular flexibility index (Phi) is 3.89. The van der Waals surface area contributed by atoms with Gasteiger partial charge in [-0.3, -0.25) is 4.98 Å². The predicted octanol–water partition coefficient (Wildman–Crippen LogP) is 4.21. The molecule has 0 bridgehead atoms. The molecule has 1 unspecified atom stereocenters. The Bertz CT molecular complexity index is 499. The number of hydrogen-bond donors (Lipinski definition) is 0. The maximum atomic E-state index is 13.2. The smallest absolute Gasteiger partial charge is 0.126 e. The Morgan fingerprint density at radius 3 is 2.76 bits per heavy atom. The van der Waals surface area contributed by atoms with Crippen LogP contribution in [0.25, 0.3) is 0 Å². The molecule has 0 N–H and O–H groups in total. The van der Waals surface area contributed by atoms with Gasteiger partial charge in [0.1, 0.15) is 5.82 Å². The molecular formula is C14H13BrFN. The highest BCUT2D eigenvalue weighted by Gasteiger charge is 2.10. The number of aromatic nitrogens is 1. The largest absolute Gasteiger partial charge is 0.261 e. The van der Waals surface area contributed by atoms with E-state index < -0.39 is 0 Å². The van der Waals surface area contributed by atoms with E-state index in [0.717, 1.165) is 17.7 Å². The summed E-state index contributed by atoms with van der Waals surface area (Å²) in [7, 11) is 0. The average molecular weight is 294 g/mol. The fourth-order valence-electron chi connectivity index (χ4n) is 1.68. The lowest BCUT2D eigenvalue weighted by molar-refractivity contribution is 0.617. The van der Waals surface area contributed by atoms with Crippen molar-refractivity contribution in [2.75, 3.05) is 0 Å². The standard InChI is InChI=1S/C14H13BrFN/c1-10-8-11(5-6-14(10)16)13(15)9-12-4-2-3-7-17-12/h2-8,13H,9H2,1H3. The molecular weight excluding hydrogens is 281 g/mol. The normalized spacial score (nSPS) is 12.4. The molecule has 88 valence electrons. The van der Waals surface area contributed by atoms with Crippen LogP contribution in [0, 0.1) is 12.7 Å².